The fraction of sp³-hybridized carbons (Fsp3) is 0.571. The number of nitrogens with zero attached hydrogens (tertiary/aromatic N) is 4. The van der Waals surface area contributed by atoms with Crippen molar-refractivity contribution < 1.29 is 0 Å². The standard InChI is InChI=1S/C14H20N4/c1-17-8-10-18(11-9-17)14-12(4-2-7-16-14)13-5-3-6-15-13/h2,4,7H,3,5-6,8-11H2,1H3. The number of hydrogen-bond donors (Lipinski definition) is 0. The quantitative estimate of drug-likeness (QED) is 0.788. The van der Waals surface area contributed by atoms with E-state index in [1.54, 1.807) is 0 Å². The summed E-state index contributed by atoms with van der Waals surface area (Å²) in [5.41, 5.74) is 2.50. The summed E-state index contributed by atoms with van der Waals surface area (Å²) < 4.78 is 0. The second-order valence-electron chi connectivity index (χ2n) is 5.10. The topological polar surface area (TPSA) is 31.7 Å². The van der Waals surface area contributed by atoms with Crippen molar-refractivity contribution in [1.82, 2.24) is 9.88 Å². The van der Waals surface area contributed by atoms with Gasteiger partial charge in [0.1, 0.15) is 5.82 Å². The van der Waals surface area contributed by atoms with Gasteiger partial charge in [-0.1, -0.05) is 0 Å². The monoisotopic (exact) mass is 244 g/mol. The van der Waals surface area contributed by atoms with Crippen LogP contribution in [-0.4, -0.2) is 55.4 Å². The molecule has 0 N–H and O–H groups in total. The molecule has 0 aromatic carbocycles. The molecule has 2 aliphatic rings. The predicted octanol–water partition coefficient (Wildman–Crippen LogP) is 1.42. The van der Waals surface area contributed by atoms with Gasteiger partial charge in [0, 0.05) is 50.2 Å². The highest BCUT2D eigenvalue weighted by Gasteiger charge is 2.20. The predicted molar refractivity (Wildman–Crippen MR) is 74.6 cm³/mol. The molecule has 4 heteroatoms. The van der Waals surface area contributed by atoms with Crippen LogP contribution in [0.2, 0.25) is 0 Å². The fourth-order valence-electron chi connectivity index (χ4n) is 2.65. The summed E-state index contributed by atoms with van der Waals surface area (Å²) in [4.78, 5) is 14.0. The molecule has 3 rings (SSSR count). The average Bonchev–Trinajstić information content (AvgIpc) is 2.93. The molecule has 0 bridgehead atoms. The summed E-state index contributed by atoms with van der Waals surface area (Å²) in [6.45, 7) is 5.33. The molecule has 4 nitrogen and oxygen atoms in total. The minimum absolute atomic E-state index is 0.979. The van der Waals surface area contributed by atoms with Crippen molar-refractivity contribution in [2.45, 2.75) is 12.8 Å². The van der Waals surface area contributed by atoms with Crippen molar-refractivity contribution in [3.05, 3.63) is 23.9 Å². The van der Waals surface area contributed by atoms with E-state index in [0.717, 1.165) is 45.0 Å². The second-order valence-corrected chi connectivity index (χ2v) is 5.10. The molecule has 0 spiro atoms. The van der Waals surface area contributed by atoms with E-state index in [2.05, 4.69) is 32.9 Å². The van der Waals surface area contributed by atoms with Crippen LogP contribution in [0.1, 0.15) is 18.4 Å². The minimum Gasteiger partial charge on any atom is -0.354 e. The van der Waals surface area contributed by atoms with Crippen molar-refractivity contribution in [2.24, 2.45) is 4.99 Å². The third-order valence-electron chi connectivity index (χ3n) is 3.77. The lowest BCUT2D eigenvalue weighted by molar-refractivity contribution is 0.312. The summed E-state index contributed by atoms with van der Waals surface area (Å²) in [5.74, 6) is 1.13. The van der Waals surface area contributed by atoms with Crippen LogP contribution in [0.15, 0.2) is 23.3 Å². The average molecular weight is 244 g/mol. The minimum atomic E-state index is 0.979. The summed E-state index contributed by atoms with van der Waals surface area (Å²) in [7, 11) is 2.18. The van der Waals surface area contributed by atoms with E-state index < -0.39 is 0 Å². The van der Waals surface area contributed by atoms with Crippen LogP contribution >= 0.6 is 0 Å². The largest absolute Gasteiger partial charge is 0.354 e. The molecule has 0 unspecified atom stereocenters. The smallest absolute Gasteiger partial charge is 0.137 e. The number of pyridine rings is 1. The Balaban J connectivity index is 1.87. The van der Waals surface area contributed by atoms with Crippen LogP contribution < -0.4 is 4.90 Å². The highest BCUT2D eigenvalue weighted by Crippen LogP contribution is 2.23. The maximum atomic E-state index is 4.62. The molecule has 3 heterocycles. The third kappa shape index (κ3) is 2.25. The Kier molecular flexibility index (Phi) is 3.28. The second kappa shape index (κ2) is 5.06. The number of aliphatic imine (C=N–C) groups is 1. The molecule has 1 saturated heterocycles. The third-order valence-corrected chi connectivity index (χ3v) is 3.77. The van der Waals surface area contributed by atoms with E-state index in [4.69, 9.17) is 0 Å². The summed E-state index contributed by atoms with van der Waals surface area (Å²) >= 11 is 0. The molecular weight excluding hydrogens is 224 g/mol. The van der Waals surface area contributed by atoms with E-state index in [1.807, 2.05) is 12.3 Å². The molecule has 0 aliphatic carbocycles. The highest BCUT2D eigenvalue weighted by atomic mass is 15.3. The first-order valence-corrected chi connectivity index (χ1v) is 6.77. The molecular formula is C14H20N4. The lowest BCUT2D eigenvalue weighted by Gasteiger charge is -2.34. The number of hydrogen-bond acceptors (Lipinski definition) is 4. The van der Waals surface area contributed by atoms with Crippen molar-refractivity contribution >= 4 is 11.5 Å². The maximum Gasteiger partial charge on any atom is 0.137 e. The van der Waals surface area contributed by atoms with Crippen molar-refractivity contribution in [3.63, 3.8) is 0 Å². The Morgan fingerprint density at radius 3 is 2.72 bits per heavy atom. The van der Waals surface area contributed by atoms with Gasteiger partial charge in [-0.15, -0.1) is 0 Å². The molecule has 18 heavy (non-hydrogen) atoms. The Morgan fingerprint density at radius 2 is 2.00 bits per heavy atom. The van der Waals surface area contributed by atoms with Gasteiger partial charge in [-0.2, -0.15) is 0 Å². The number of likely N-dealkylation sites (N-methyl/N-ethyl adjacent to an activating group) is 1. The molecule has 0 atom stereocenters. The number of rotatable bonds is 2. The van der Waals surface area contributed by atoms with Crippen LogP contribution in [0.5, 0.6) is 0 Å². The molecule has 2 aliphatic heterocycles. The molecule has 1 fully saturated rings. The number of anilines is 1. The highest BCUT2D eigenvalue weighted by molar-refractivity contribution is 6.05. The number of piperazine rings is 1. The van der Waals surface area contributed by atoms with Crippen LogP contribution in [0, 0.1) is 0 Å². The summed E-state index contributed by atoms with van der Waals surface area (Å²) in [5, 5.41) is 0. The molecule has 1 aromatic rings. The molecule has 0 amide bonds. The van der Waals surface area contributed by atoms with Crippen LogP contribution in [0.3, 0.4) is 0 Å². The summed E-state index contributed by atoms with van der Waals surface area (Å²) in [6, 6.07) is 4.19. The molecule has 96 valence electrons. The maximum absolute atomic E-state index is 4.62. The number of aromatic nitrogens is 1. The van der Waals surface area contributed by atoms with Gasteiger partial charge in [-0.05, 0) is 32.0 Å². The Hall–Kier alpha value is -1.42. The first kappa shape index (κ1) is 11.7. The molecule has 0 saturated carbocycles. The lowest BCUT2D eigenvalue weighted by Crippen LogP contribution is -2.45. The van der Waals surface area contributed by atoms with Crippen molar-refractivity contribution in [3.8, 4) is 0 Å². The van der Waals surface area contributed by atoms with Gasteiger partial charge in [0.05, 0.1) is 0 Å². The summed E-state index contributed by atoms with van der Waals surface area (Å²) in [6.07, 6.45) is 4.19. The zero-order chi connectivity index (χ0) is 12.4. The van der Waals surface area contributed by atoms with E-state index in [0.29, 0.717) is 0 Å². The van der Waals surface area contributed by atoms with Crippen molar-refractivity contribution in [1.29, 1.82) is 0 Å². The van der Waals surface area contributed by atoms with Gasteiger partial charge in [0.2, 0.25) is 0 Å². The van der Waals surface area contributed by atoms with Crippen LogP contribution in [-0.2, 0) is 0 Å². The Bertz CT molecular complexity index is 447. The van der Waals surface area contributed by atoms with Gasteiger partial charge >= 0.3 is 0 Å². The SMILES string of the molecule is CN1CCN(c2ncccc2C2=NCCC2)CC1. The van der Waals surface area contributed by atoms with Crippen molar-refractivity contribution in [2.75, 3.05) is 44.7 Å². The van der Waals surface area contributed by atoms with Crippen LogP contribution in [0.4, 0.5) is 5.82 Å². The fourth-order valence-corrected chi connectivity index (χ4v) is 2.65. The molecule has 1 aromatic heterocycles. The van der Waals surface area contributed by atoms with E-state index in [9.17, 15) is 0 Å². The van der Waals surface area contributed by atoms with E-state index in [1.165, 1.54) is 17.7 Å². The van der Waals surface area contributed by atoms with Gasteiger partial charge in [0.15, 0.2) is 0 Å². The van der Waals surface area contributed by atoms with Gasteiger partial charge < -0.3 is 9.80 Å². The van der Waals surface area contributed by atoms with Crippen LogP contribution in [0.25, 0.3) is 0 Å². The zero-order valence-corrected chi connectivity index (χ0v) is 11.0. The lowest BCUT2D eigenvalue weighted by atomic mass is 10.1. The Labute approximate surface area is 108 Å². The van der Waals surface area contributed by atoms with E-state index >= 15 is 0 Å². The Morgan fingerprint density at radius 1 is 1.17 bits per heavy atom. The zero-order valence-electron chi connectivity index (χ0n) is 11.0. The van der Waals surface area contributed by atoms with Gasteiger partial charge in [-0.25, -0.2) is 4.98 Å². The first-order chi connectivity index (χ1) is 8.84. The van der Waals surface area contributed by atoms with E-state index in [-0.39, 0.29) is 0 Å². The molecule has 0 radical (unpaired) electrons. The normalized spacial score (nSPS) is 21.2. The van der Waals surface area contributed by atoms with Gasteiger partial charge in [-0.3, -0.25) is 4.99 Å². The van der Waals surface area contributed by atoms with Gasteiger partial charge in [0.25, 0.3) is 0 Å². The first-order valence-electron chi connectivity index (χ1n) is 6.77.